The second-order valence-corrected chi connectivity index (χ2v) is 4.97. The third-order valence-corrected chi connectivity index (χ3v) is 3.47. The van der Waals surface area contributed by atoms with E-state index in [1.54, 1.807) is 18.3 Å². The number of hydrogen-bond acceptors (Lipinski definition) is 3. The maximum Gasteiger partial charge on any atom is 0.416 e. The van der Waals surface area contributed by atoms with Crippen LogP contribution in [0.5, 0.6) is 0 Å². The molecular weight excluding hydrogens is 295 g/mol. The number of carbonyl (C=O) groups excluding carboxylic acids is 1. The highest BCUT2D eigenvalue weighted by Gasteiger charge is 2.33. The van der Waals surface area contributed by atoms with Crippen LogP contribution in [0.15, 0.2) is 36.5 Å². The van der Waals surface area contributed by atoms with E-state index in [0.717, 1.165) is 17.7 Å². The van der Waals surface area contributed by atoms with Crippen molar-refractivity contribution in [1.29, 1.82) is 0 Å². The summed E-state index contributed by atoms with van der Waals surface area (Å²) in [6.45, 7) is 1.49. The average molecular weight is 307 g/mol. The lowest BCUT2D eigenvalue weighted by molar-refractivity contribution is -0.137. The Balaban J connectivity index is 2.16. The summed E-state index contributed by atoms with van der Waals surface area (Å²) < 4.78 is 38.7. The van der Waals surface area contributed by atoms with Crippen LogP contribution in [0.1, 0.15) is 18.1 Å². The fourth-order valence-corrected chi connectivity index (χ4v) is 2.38. The van der Waals surface area contributed by atoms with E-state index in [2.05, 4.69) is 10.3 Å². The summed E-state index contributed by atoms with van der Waals surface area (Å²) in [5.74, 6) is 0.200. The van der Waals surface area contributed by atoms with Gasteiger partial charge >= 0.3 is 6.18 Å². The molecule has 0 bridgehead atoms. The number of hydrogen-bond donors (Lipinski definition) is 1. The SMILES string of the molecule is CC(=O)N1Cc2cccnc2Nc2ccc(C(F)(F)F)cc21. The van der Waals surface area contributed by atoms with Crippen LogP contribution < -0.4 is 10.2 Å². The Morgan fingerprint density at radius 2 is 2.09 bits per heavy atom. The van der Waals surface area contributed by atoms with Gasteiger partial charge in [0.05, 0.1) is 23.5 Å². The van der Waals surface area contributed by atoms with Gasteiger partial charge in [-0.1, -0.05) is 6.07 Å². The van der Waals surface area contributed by atoms with Crippen molar-refractivity contribution in [3.05, 3.63) is 47.7 Å². The van der Waals surface area contributed by atoms with E-state index in [0.29, 0.717) is 11.5 Å². The molecule has 0 atom stereocenters. The highest BCUT2D eigenvalue weighted by Crippen LogP contribution is 2.39. The van der Waals surface area contributed by atoms with Crippen molar-refractivity contribution in [3.63, 3.8) is 0 Å². The fourth-order valence-electron chi connectivity index (χ4n) is 2.38. The Morgan fingerprint density at radius 3 is 2.77 bits per heavy atom. The summed E-state index contributed by atoms with van der Waals surface area (Å²) in [6, 6.07) is 6.78. The van der Waals surface area contributed by atoms with Crippen molar-refractivity contribution < 1.29 is 18.0 Å². The summed E-state index contributed by atoms with van der Waals surface area (Å²) >= 11 is 0. The molecule has 0 aliphatic carbocycles. The van der Waals surface area contributed by atoms with E-state index in [1.165, 1.54) is 17.9 Å². The fraction of sp³-hybridized carbons (Fsp3) is 0.200. The molecule has 0 unspecified atom stereocenters. The second kappa shape index (κ2) is 5.01. The normalized spacial score (nSPS) is 13.7. The number of fused-ring (bicyclic) bond motifs is 2. The molecule has 22 heavy (non-hydrogen) atoms. The lowest BCUT2D eigenvalue weighted by atomic mass is 10.1. The van der Waals surface area contributed by atoms with Gasteiger partial charge in [-0.15, -0.1) is 0 Å². The summed E-state index contributed by atoms with van der Waals surface area (Å²) in [5, 5.41) is 2.99. The predicted molar refractivity (Wildman–Crippen MR) is 75.8 cm³/mol. The molecule has 2 aromatic rings. The number of rotatable bonds is 0. The van der Waals surface area contributed by atoms with Gasteiger partial charge in [0.15, 0.2) is 0 Å². The molecule has 2 heterocycles. The first kappa shape index (κ1) is 14.4. The molecule has 3 rings (SSSR count). The molecule has 114 valence electrons. The molecule has 1 aliphatic rings. The smallest absolute Gasteiger partial charge is 0.338 e. The minimum atomic E-state index is -4.46. The van der Waals surface area contributed by atoms with Crippen molar-refractivity contribution in [1.82, 2.24) is 4.98 Å². The average Bonchev–Trinajstić information content (AvgIpc) is 2.61. The van der Waals surface area contributed by atoms with Crippen LogP contribution in [0.2, 0.25) is 0 Å². The van der Waals surface area contributed by atoms with E-state index >= 15 is 0 Å². The number of benzene rings is 1. The van der Waals surface area contributed by atoms with Gasteiger partial charge in [-0.3, -0.25) is 4.79 Å². The first-order valence-electron chi connectivity index (χ1n) is 6.56. The molecule has 4 nitrogen and oxygen atoms in total. The molecule has 0 radical (unpaired) electrons. The second-order valence-electron chi connectivity index (χ2n) is 4.97. The predicted octanol–water partition coefficient (Wildman–Crippen LogP) is 3.71. The van der Waals surface area contributed by atoms with Gasteiger partial charge in [-0.2, -0.15) is 13.2 Å². The molecule has 0 spiro atoms. The van der Waals surface area contributed by atoms with Crippen molar-refractivity contribution in [2.24, 2.45) is 0 Å². The van der Waals surface area contributed by atoms with Crippen LogP contribution in [0.25, 0.3) is 0 Å². The van der Waals surface area contributed by atoms with Crippen molar-refractivity contribution in [3.8, 4) is 0 Å². The van der Waals surface area contributed by atoms with E-state index in [4.69, 9.17) is 0 Å². The molecule has 0 fully saturated rings. The zero-order valence-corrected chi connectivity index (χ0v) is 11.6. The summed E-state index contributed by atoms with van der Waals surface area (Å²) in [6.07, 6.45) is -2.88. The number of halogens is 3. The van der Waals surface area contributed by atoms with Gasteiger partial charge in [0.1, 0.15) is 5.82 Å². The minimum Gasteiger partial charge on any atom is -0.338 e. The number of amides is 1. The summed E-state index contributed by atoms with van der Waals surface area (Å²) in [5.41, 5.74) is 0.557. The zero-order chi connectivity index (χ0) is 15.9. The lowest BCUT2D eigenvalue weighted by Crippen LogP contribution is -2.27. The van der Waals surface area contributed by atoms with Crippen molar-refractivity contribution in [2.75, 3.05) is 10.2 Å². The summed E-state index contributed by atoms with van der Waals surface area (Å²) in [4.78, 5) is 17.4. The minimum absolute atomic E-state index is 0.166. The van der Waals surface area contributed by atoms with Crippen LogP contribution >= 0.6 is 0 Å². The van der Waals surface area contributed by atoms with Crippen LogP contribution in [0.4, 0.5) is 30.4 Å². The Kier molecular flexibility index (Phi) is 3.27. The Bertz CT molecular complexity index is 743. The summed E-state index contributed by atoms with van der Waals surface area (Å²) in [7, 11) is 0. The number of anilines is 3. The van der Waals surface area contributed by atoms with E-state index < -0.39 is 11.7 Å². The van der Waals surface area contributed by atoms with Crippen LogP contribution in [0.3, 0.4) is 0 Å². The zero-order valence-electron chi connectivity index (χ0n) is 11.6. The first-order valence-corrected chi connectivity index (χ1v) is 6.56. The molecule has 1 aromatic heterocycles. The third-order valence-electron chi connectivity index (χ3n) is 3.47. The van der Waals surface area contributed by atoms with Gasteiger partial charge in [0, 0.05) is 18.7 Å². The molecule has 0 saturated heterocycles. The first-order chi connectivity index (χ1) is 10.4. The third kappa shape index (κ3) is 2.49. The van der Waals surface area contributed by atoms with Gasteiger partial charge in [0.2, 0.25) is 5.91 Å². The number of pyridine rings is 1. The van der Waals surface area contributed by atoms with Crippen molar-refractivity contribution >= 4 is 23.1 Å². The molecular formula is C15H12F3N3O. The quantitative estimate of drug-likeness (QED) is 0.807. The Labute approximate surface area is 124 Å². The van der Waals surface area contributed by atoms with Crippen LogP contribution in [-0.2, 0) is 17.5 Å². The van der Waals surface area contributed by atoms with Crippen molar-refractivity contribution in [2.45, 2.75) is 19.6 Å². The van der Waals surface area contributed by atoms with Crippen LogP contribution in [-0.4, -0.2) is 10.9 Å². The highest BCUT2D eigenvalue weighted by molar-refractivity contribution is 5.97. The van der Waals surface area contributed by atoms with Gasteiger partial charge in [0.25, 0.3) is 0 Å². The monoisotopic (exact) mass is 307 g/mol. The number of alkyl halides is 3. The Hall–Kier alpha value is -2.57. The Morgan fingerprint density at radius 1 is 1.32 bits per heavy atom. The van der Waals surface area contributed by atoms with Gasteiger partial charge in [-0.05, 0) is 24.3 Å². The number of aromatic nitrogens is 1. The molecule has 1 aromatic carbocycles. The standard InChI is InChI=1S/C15H12F3N3O/c1-9(22)21-8-10-3-2-6-19-14(10)20-12-5-4-11(7-13(12)21)15(16,17)18/h2-7H,8H2,1H3,(H,19,20). The number of nitrogens with one attached hydrogen (secondary N) is 1. The maximum absolute atomic E-state index is 12.9. The molecule has 1 N–H and O–H groups in total. The van der Waals surface area contributed by atoms with E-state index in [1.807, 2.05) is 0 Å². The lowest BCUT2D eigenvalue weighted by Gasteiger charge is -2.22. The molecule has 7 heteroatoms. The van der Waals surface area contributed by atoms with E-state index in [9.17, 15) is 18.0 Å². The highest BCUT2D eigenvalue weighted by atomic mass is 19.4. The van der Waals surface area contributed by atoms with Crippen LogP contribution in [0, 0.1) is 0 Å². The van der Waals surface area contributed by atoms with Gasteiger partial charge in [-0.25, -0.2) is 4.98 Å². The number of carbonyl (C=O) groups is 1. The van der Waals surface area contributed by atoms with Gasteiger partial charge < -0.3 is 10.2 Å². The maximum atomic E-state index is 12.9. The molecule has 1 amide bonds. The largest absolute Gasteiger partial charge is 0.416 e. The topological polar surface area (TPSA) is 45.2 Å². The molecule has 0 saturated carbocycles. The van der Waals surface area contributed by atoms with E-state index in [-0.39, 0.29) is 18.1 Å². The number of nitrogens with zero attached hydrogens (tertiary/aromatic N) is 2. The molecule has 1 aliphatic heterocycles.